The molecule has 82 valence electrons. The molecule has 2 rings (SSSR count). The van der Waals surface area contributed by atoms with Crippen LogP contribution in [-0.4, -0.2) is 42.5 Å². The number of thiazole rings is 1. The topological polar surface area (TPSA) is 36.4 Å². The quantitative estimate of drug-likeness (QED) is 0.788. The Morgan fingerprint density at radius 3 is 3.00 bits per heavy atom. The van der Waals surface area contributed by atoms with Gasteiger partial charge >= 0.3 is 0 Å². The van der Waals surface area contributed by atoms with Crippen molar-refractivity contribution >= 4 is 38.3 Å². The minimum absolute atomic E-state index is 0.166. The fourth-order valence-corrected chi connectivity index (χ4v) is 2.82. The highest BCUT2D eigenvalue weighted by molar-refractivity contribution is 9.10. The number of aromatic nitrogens is 1. The van der Waals surface area contributed by atoms with Crippen molar-refractivity contribution in [2.45, 2.75) is 6.42 Å². The minimum atomic E-state index is 0.166. The van der Waals surface area contributed by atoms with E-state index in [1.54, 1.807) is 16.2 Å². The van der Waals surface area contributed by atoms with Crippen LogP contribution in [0.2, 0.25) is 0 Å². The third-order valence-electron chi connectivity index (χ3n) is 2.41. The molecule has 0 N–H and O–H groups in total. The van der Waals surface area contributed by atoms with Crippen LogP contribution in [0.1, 0.15) is 6.42 Å². The van der Waals surface area contributed by atoms with Crippen LogP contribution in [-0.2, 0) is 4.79 Å². The number of carbonyl (C=O) groups is 1. The first-order valence-corrected chi connectivity index (χ1v) is 6.44. The van der Waals surface area contributed by atoms with Crippen molar-refractivity contribution in [3.63, 3.8) is 0 Å². The van der Waals surface area contributed by atoms with E-state index in [9.17, 15) is 4.79 Å². The van der Waals surface area contributed by atoms with Crippen LogP contribution in [0.3, 0.4) is 0 Å². The highest BCUT2D eigenvalue weighted by Gasteiger charge is 2.20. The second-order valence-corrected chi connectivity index (χ2v) is 5.19. The summed E-state index contributed by atoms with van der Waals surface area (Å²) in [6, 6.07) is 0. The van der Waals surface area contributed by atoms with Gasteiger partial charge in [0.25, 0.3) is 0 Å². The van der Waals surface area contributed by atoms with E-state index in [1.165, 1.54) is 0 Å². The molecule has 1 amide bonds. The lowest BCUT2D eigenvalue weighted by molar-refractivity contribution is -0.127. The SMILES string of the molecule is CN1CCCN(c2nc(Br)cs2)CC1=O. The smallest absolute Gasteiger partial charge is 0.241 e. The molecule has 0 aromatic carbocycles. The molecule has 0 radical (unpaired) electrons. The highest BCUT2D eigenvalue weighted by atomic mass is 79.9. The van der Waals surface area contributed by atoms with E-state index in [-0.39, 0.29) is 5.91 Å². The molecule has 0 bridgehead atoms. The largest absolute Gasteiger partial charge is 0.344 e. The molecule has 1 aromatic rings. The van der Waals surface area contributed by atoms with Crippen molar-refractivity contribution in [1.82, 2.24) is 9.88 Å². The molecule has 1 saturated heterocycles. The van der Waals surface area contributed by atoms with E-state index < -0.39 is 0 Å². The van der Waals surface area contributed by atoms with Gasteiger partial charge in [0.1, 0.15) is 4.60 Å². The van der Waals surface area contributed by atoms with Crippen LogP contribution in [0.25, 0.3) is 0 Å². The summed E-state index contributed by atoms with van der Waals surface area (Å²) in [6.45, 7) is 2.17. The lowest BCUT2D eigenvalue weighted by Crippen LogP contribution is -2.34. The average Bonchev–Trinajstić information content (AvgIpc) is 2.55. The van der Waals surface area contributed by atoms with Gasteiger partial charge in [-0.2, -0.15) is 0 Å². The first kappa shape index (κ1) is 10.9. The Labute approximate surface area is 101 Å². The van der Waals surface area contributed by atoms with Crippen molar-refractivity contribution in [3.8, 4) is 0 Å². The monoisotopic (exact) mass is 289 g/mol. The molecule has 1 aromatic heterocycles. The Morgan fingerprint density at radius 1 is 1.53 bits per heavy atom. The zero-order valence-electron chi connectivity index (χ0n) is 8.44. The predicted octanol–water partition coefficient (Wildman–Crippen LogP) is 1.57. The average molecular weight is 290 g/mol. The van der Waals surface area contributed by atoms with E-state index in [0.29, 0.717) is 6.54 Å². The molecule has 0 spiro atoms. The second kappa shape index (κ2) is 4.49. The maximum Gasteiger partial charge on any atom is 0.241 e. The zero-order chi connectivity index (χ0) is 10.8. The molecule has 1 aliphatic rings. The number of rotatable bonds is 1. The van der Waals surface area contributed by atoms with Gasteiger partial charge in [-0.1, -0.05) is 0 Å². The summed E-state index contributed by atoms with van der Waals surface area (Å²) in [7, 11) is 1.85. The van der Waals surface area contributed by atoms with E-state index in [4.69, 9.17) is 0 Å². The Balaban J connectivity index is 2.13. The Morgan fingerprint density at radius 2 is 2.33 bits per heavy atom. The molecule has 4 nitrogen and oxygen atoms in total. The van der Waals surface area contributed by atoms with Crippen molar-refractivity contribution in [1.29, 1.82) is 0 Å². The van der Waals surface area contributed by atoms with Gasteiger partial charge in [-0.05, 0) is 22.4 Å². The summed E-state index contributed by atoms with van der Waals surface area (Å²) >= 11 is 4.89. The Kier molecular flexibility index (Phi) is 3.25. The molecule has 0 aliphatic carbocycles. The zero-order valence-corrected chi connectivity index (χ0v) is 10.8. The molecular weight excluding hydrogens is 278 g/mol. The van der Waals surface area contributed by atoms with E-state index in [2.05, 4.69) is 20.9 Å². The van der Waals surface area contributed by atoms with Crippen LogP contribution in [0.5, 0.6) is 0 Å². The Bertz CT molecular complexity index is 368. The van der Waals surface area contributed by atoms with Crippen LogP contribution in [0.4, 0.5) is 5.13 Å². The number of hydrogen-bond donors (Lipinski definition) is 0. The predicted molar refractivity (Wildman–Crippen MR) is 64.3 cm³/mol. The van der Waals surface area contributed by atoms with Gasteiger partial charge in [0.15, 0.2) is 5.13 Å². The molecule has 6 heteroatoms. The summed E-state index contributed by atoms with van der Waals surface area (Å²) in [5.74, 6) is 0.166. The Hall–Kier alpha value is -0.620. The standard InChI is InChI=1S/C9H12BrN3OS/c1-12-3-2-4-13(5-8(12)14)9-11-7(10)6-15-9/h6H,2-5H2,1H3. The summed E-state index contributed by atoms with van der Waals surface area (Å²) in [5.41, 5.74) is 0. The number of carbonyl (C=O) groups excluding carboxylic acids is 1. The molecule has 2 heterocycles. The van der Waals surface area contributed by atoms with Gasteiger partial charge in [-0.15, -0.1) is 11.3 Å². The van der Waals surface area contributed by atoms with Crippen molar-refractivity contribution < 1.29 is 4.79 Å². The third kappa shape index (κ3) is 2.49. The number of amides is 1. The van der Waals surface area contributed by atoms with Crippen LogP contribution in [0, 0.1) is 0 Å². The van der Waals surface area contributed by atoms with Gasteiger partial charge in [0.05, 0.1) is 6.54 Å². The summed E-state index contributed by atoms with van der Waals surface area (Å²) in [5, 5.41) is 2.86. The van der Waals surface area contributed by atoms with Gasteiger partial charge in [-0.3, -0.25) is 4.79 Å². The summed E-state index contributed by atoms with van der Waals surface area (Å²) in [6.07, 6.45) is 0.999. The minimum Gasteiger partial charge on any atom is -0.344 e. The van der Waals surface area contributed by atoms with Gasteiger partial charge in [0, 0.05) is 25.5 Å². The molecule has 1 fully saturated rings. The molecule has 15 heavy (non-hydrogen) atoms. The molecular formula is C9H12BrN3OS. The van der Waals surface area contributed by atoms with E-state index >= 15 is 0 Å². The second-order valence-electron chi connectivity index (χ2n) is 3.54. The normalized spacial score (nSPS) is 18.1. The lowest BCUT2D eigenvalue weighted by Gasteiger charge is -2.18. The number of halogens is 1. The highest BCUT2D eigenvalue weighted by Crippen LogP contribution is 2.24. The van der Waals surface area contributed by atoms with Gasteiger partial charge in [0.2, 0.25) is 5.91 Å². The third-order valence-corrected chi connectivity index (χ3v) is 4.02. The molecule has 0 unspecified atom stereocenters. The number of nitrogens with zero attached hydrogens (tertiary/aromatic N) is 3. The molecule has 0 saturated carbocycles. The molecule has 0 atom stereocenters. The van der Waals surface area contributed by atoms with Crippen molar-refractivity contribution in [2.75, 3.05) is 31.6 Å². The fraction of sp³-hybridized carbons (Fsp3) is 0.556. The fourth-order valence-electron chi connectivity index (χ4n) is 1.54. The first-order valence-electron chi connectivity index (χ1n) is 4.77. The maximum atomic E-state index is 11.7. The van der Waals surface area contributed by atoms with Crippen LogP contribution >= 0.6 is 27.3 Å². The summed E-state index contributed by atoms with van der Waals surface area (Å²) in [4.78, 5) is 19.8. The van der Waals surface area contributed by atoms with Gasteiger partial charge < -0.3 is 9.80 Å². The number of anilines is 1. The number of hydrogen-bond acceptors (Lipinski definition) is 4. The maximum absolute atomic E-state index is 11.7. The lowest BCUT2D eigenvalue weighted by atomic mass is 10.4. The van der Waals surface area contributed by atoms with Gasteiger partial charge in [-0.25, -0.2) is 4.98 Å². The van der Waals surface area contributed by atoms with Crippen molar-refractivity contribution in [2.24, 2.45) is 0 Å². The summed E-state index contributed by atoms with van der Waals surface area (Å²) < 4.78 is 0.840. The van der Waals surface area contributed by atoms with E-state index in [0.717, 1.165) is 29.2 Å². The van der Waals surface area contributed by atoms with Crippen LogP contribution < -0.4 is 4.90 Å². The number of likely N-dealkylation sites (N-methyl/N-ethyl adjacent to an activating group) is 1. The van der Waals surface area contributed by atoms with E-state index in [1.807, 2.05) is 17.3 Å². The molecule has 1 aliphatic heterocycles. The first-order chi connectivity index (χ1) is 7.16. The van der Waals surface area contributed by atoms with Crippen molar-refractivity contribution in [3.05, 3.63) is 9.98 Å². The van der Waals surface area contributed by atoms with Crippen LogP contribution in [0.15, 0.2) is 9.98 Å².